The highest BCUT2D eigenvalue weighted by molar-refractivity contribution is 5.56. The Hall–Kier alpha value is -1.17. The molecule has 0 saturated heterocycles. The minimum atomic E-state index is -1.17. The molecule has 1 N–H and O–H groups in total. The fourth-order valence-corrected chi connectivity index (χ4v) is 2.20. The summed E-state index contributed by atoms with van der Waals surface area (Å²) < 4.78 is 4.50. The fourth-order valence-electron chi connectivity index (χ4n) is 2.20. The summed E-state index contributed by atoms with van der Waals surface area (Å²) in [5.41, 5.74) is 0. The van der Waals surface area contributed by atoms with Gasteiger partial charge in [-0.15, -0.1) is 12.3 Å². The van der Waals surface area contributed by atoms with Crippen molar-refractivity contribution in [2.45, 2.75) is 38.5 Å². The van der Waals surface area contributed by atoms with E-state index in [1.165, 1.54) is 12.8 Å². The fraction of sp³-hybridized carbons (Fsp3) is 0.750. The van der Waals surface area contributed by atoms with Crippen molar-refractivity contribution < 1.29 is 14.6 Å². The highest BCUT2D eigenvalue weighted by Crippen LogP contribution is 2.32. The maximum Gasteiger partial charge on any atom is 0.505 e. The molecule has 1 saturated carbocycles. The molecule has 1 rings (SSSR count). The van der Waals surface area contributed by atoms with Gasteiger partial charge >= 0.3 is 6.16 Å². The van der Waals surface area contributed by atoms with Crippen molar-refractivity contribution in [1.82, 2.24) is 0 Å². The minimum absolute atomic E-state index is 0.333. The molecule has 0 aliphatic heterocycles. The van der Waals surface area contributed by atoms with Crippen molar-refractivity contribution in [3.05, 3.63) is 0 Å². The van der Waals surface area contributed by atoms with E-state index in [4.69, 9.17) is 11.5 Å². The monoisotopic (exact) mass is 210 g/mol. The first-order valence-corrected chi connectivity index (χ1v) is 5.51. The molecule has 1 fully saturated rings. The first-order valence-electron chi connectivity index (χ1n) is 5.51. The summed E-state index contributed by atoms with van der Waals surface area (Å²) in [4.78, 5) is 10.1. The lowest BCUT2D eigenvalue weighted by molar-refractivity contribution is 0.0828. The number of ether oxygens (including phenoxy) is 1. The molecule has 0 amide bonds. The van der Waals surface area contributed by atoms with E-state index in [1.807, 2.05) is 0 Å². The van der Waals surface area contributed by atoms with Crippen LogP contribution in [0.5, 0.6) is 0 Å². The van der Waals surface area contributed by atoms with Crippen LogP contribution in [0.1, 0.15) is 38.5 Å². The largest absolute Gasteiger partial charge is 0.505 e. The Kier molecular flexibility index (Phi) is 5.03. The van der Waals surface area contributed by atoms with Crippen molar-refractivity contribution in [3.8, 4) is 12.3 Å². The molecule has 3 heteroatoms. The average molecular weight is 210 g/mol. The van der Waals surface area contributed by atoms with E-state index in [2.05, 4.69) is 10.7 Å². The van der Waals surface area contributed by atoms with E-state index in [0.29, 0.717) is 18.4 Å². The number of terminal acetylenes is 1. The van der Waals surface area contributed by atoms with Gasteiger partial charge in [0.15, 0.2) is 0 Å². The van der Waals surface area contributed by atoms with Crippen LogP contribution >= 0.6 is 0 Å². The predicted octanol–water partition coefficient (Wildman–Crippen LogP) is 2.90. The first kappa shape index (κ1) is 11.9. The van der Waals surface area contributed by atoms with Crippen LogP contribution in [0.25, 0.3) is 0 Å². The van der Waals surface area contributed by atoms with Crippen LogP contribution in [0.3, 0.4) is 0 Å². The van der Waals surface area contributed by atoms with Crippen molar-refractivity contribution >= 4 is 6.16 Å². The van der Waals surface area contributed by atoms with Crippen LogP contribution in [0.15, 0.2) is 0 Å². The van der Waals surface area contributed by atoms with Crippen LogP contribution < -0.4 is 0 Å². The van der Waals surface area contributed by atoms with Crippen molar-refractivity contribution in [3.63, 3.8) is 0 Å². The molecular weight excluding hydrogens is 192 g/mol. The third kappa shape index (κ3) is 4.73. The summed E-state index contributed by atoms with van der Waals surface area (Å²) in [6.07, 6.45) is 10.5. The van der Waals surface area contributed by atoms with E-state index in [-0.39, 0.29) is 0 Å². The molecule has 0 heterocycles. The van der Waals surface area contributed by atoms with Crippen molar-refractivity contribution in [2.75, 3.05) is 6.61 Å². The second-order valence-corrected chi connectivity index (χ2v) is 4.20. The number of hydrogen-bond acceptors (Lipinski definition) is 2. The second-order valence-electron chi connectivity index (χ2n) is 4.20. The predicted molar refractivity (Wildman–Crippen MR) is 57.5 cm³/mol. The minimum Gasteiger partial charge on any atom is -0.450 e. The zero-order valence-electron chi connectivity index (χ0n) is 8.95. The summed E-state index contributed by atoms with van der Waals surface area (Å²) in [6.45, 7) is 0.333. The summed E-state index contributed by atoms with van der Waals surface area (Å²) in [5.74, 6) is 4.02. The lowest BCUT2D eigenvalue weighted by Gasteiger charge is -2.27. The molecule has 0 spiro atoms. The lowest BCUT2D eigenvalue weighted by atomic mass is 9.79. The average Bonchev–Trinajstić information content (AvgIpc) is 2.20. The summed E-state index contributed by atoms with van der Waals surface area (Å²) in [5, 5.41) is 8.31. The topological polar surface area (TPSA) is 46.5 Å². The maximum absolute atomic E-state index is 10.1. The molecule has 84 valence electrons. The molecule has 0 bridgehead atoms. The normalized spacial score (nSPS) is 25.5. The lowest BCUT2D eigenvalue weighted by Crippen LogP contribution is -2.16. The van der Waals surface area contributed by atoms with E-state index in [1.54, 1.807) is 0 Å². The van der Waals surface area contributed by atoms with Crippen LogP contribution in [-0.2, 0) is 4.74 Å². The summed E-state index contributed by atoms with van der Waals surface area (Å²) >= 11 is 0. The Morgan fingerprint density at radius 1 is 1.33 bits per heavy atom. The number of hydrogen-bond donors (Lipinski definition) is 1. The zero-order chi connectivity index (χ0) is 11.1. The molecule has 0 aromatic heterocycles. The van der Waals surface area contributed by atoms with Gasteiger partial charge < -0.3 is 9.84 Å². The summed E-state index contributed by atoms with van der Waals surface area (Å²) in [6, 6.07) is 0. The highest BCUT2D eigenvalue weighted by atomic mass is 16.7. The standard InChI is InChI=1S/C12H18O3/c1-2-3-10-4-6-11(7-5-10)8-9-15-12(13)14/h1,10-11H,3-9H2,(H,13,14). The number of carbonyl (C=O) groups is 1. The first-order chi connectivity index (χ1) is 7.22. The van der Waals surface area contributed by atoms with Gasteiger partial charge in [0, 0.05) is 6.42 Å². The van der Waals surface area contributed by atoms with Gasteiger partial charge in [0.2, 0.25) is 0 Å². The van der Waals surface area contributed by atoms with E-state index in [9.17, 15) is 4.79 Å². The Labute approximate surface area is 90.8 Å². The molecule has 0 radical (unpaired) electrons. The van der Waals surface area contributed by atoms with Crippen molar-refractivity contribution in [2.24, 2.45) is 11.8 Å². The van der Waals surface area contributed by atoms with Gasteiger partial charge in [-0.05, 0) is 31.1 Å². The number of rotatable bonds is 4. The van der Waals surface area contributed by atoms with Gasteiger partial charge in [-0.1, -0.05) is 12.8 Å². The Morgan fingerprint density at radius 3 is 2.47 bits per heavy atom. The molecule has 3 nitrogen and oxygen atoms in total. The summed E-state index contributed by atoms with van der Waals surface area (Å²) in [7, 11) is 0. The van der Waals surface area contributed by atoms with Crippen LogP contribution in [0.4, 0.5) is 4.79 Å². The Bertz CT molecular complexity index is 234. The third-order valence-corrected chi connectivity index (χ3v) is 3.12. The molecular formula is C12H18O3. The molecule has 0 aromatic carbocycles. The highest BCUT2D eigenvalue weighted by Gasteiger charge is 2.20. The molecule has 0 atom stereocenters. The molecule has 1 aliphatic carbocycles. The third-order valence-electron chi connectivity index (χ3n) is 3.12. The van der Waals surface area contributed by atoms with Gasteiger partial charge in [-0.3, -0.25) is 0 Å². The maximum atomic E-state index is 10.1. The molecule has 15 heavy (non-hydrogen) atoms. The van der Waals surface area contributed by atoms with E-state index < -0.39 is 6.16 Å². The van der Waals surface area contributed by atoms with Gasteiger partial charge in [0.25, 0.3) is 0 Å². The number of carboxylic acid groups (broad SMARTS) is 1. The Morgan fingerprint density at radius 2 is 1.93 bits per heavy atom. The second kappa shape index (κ2) is 6.34. The Balaban J connectivity index is 2.10. The molecule has 1 aliphatic rings. The van der Waals surface area contributed by atoms with Gasteiger partial charge in [-0.25, -0.2) is 4.79 Å². The molecule has 0 aromatic rings. The van der Waals surface area contributed by atoms with Crippen LogP contribution in [0.2, 0.25) is 0 Å². The van der Waals surface area contributed by atoms with E-state index in [0.717, 1.165) is 25.7 Å². The van der Waals surface area contributed by atoms with Crippen LogP contribution in [0, 0.1) is 24.2 Å². The SMILES string of the molecule is C#CCC1CCC(CCOC(=O)O)CC1. The smallest absolute Gasteiger partial charge is 0.450 e. The van der Waals surface area contributed by atoms with E-state index >= 15 is 0 Å². The quantitative estimate of drug-likeness (QED) is 0.573. The molecule has 0 unspecified atom stereocenters. The van der Waals surface area contributed by atoms with Crippen LogP contribution in [-0.4, -0.2) is 17.9 Å². The zero-order valence-corrected chi connectivity index (χ0v) is 8.95. The van der Waals surface area contributed by atoms with Crippen molar-refractivity contribution in [1.29, 1.82) is 0 Å². The van der Waals surface area contributed by atoms with Gasteiger partial charge in [-0.2, -0.15) is 0 Å². The van der Waals surface area contributed by atoms with Gasteiger partial charge in [0.05, 0.1) is 6.61 Å². The van der Waals surface area contributed by atoms with Gasteiger partial charge in [0.1, 0.15) is 0 Å².